The summed E-state index contributed by atoms with van der Waals surface area (Å²) >= 11 is 0. The van der Waals surface area contributed by atoms with E-state index >= 15 is 0 Å². The number of nitrogens with zero attached hydrogens (tertiary/aromatic N) is 1. The van der Waals surface area contributed by atoms with Crippen LogP contribution in [0.1, 0.15) is 25.7 Å². The number of carboxylic acids is 1. The first kappa shape index (κ1) is 10.9. The molecule has 1 aliphatic carbocycles. The van der Waals surface area contributed by atoms with Crippen LogP contribution in [-0.2, 0) is 4.79 Å². The fourth-order valence-electron chi connectivity index (χ4n) is 2.48. The van der Waals surface area contributed by atoms with Gasteiger partial charge in [0.25, 0.3) is 0 Å². The second-order valence-electron chi connectivity index (χ2n) is 5.09. The molecule has 86 valence electrons. The molecule has 2 unspecified atom stereocenters. The van der Waals surface area contributed by atoms with Gasteiger partial charge in [-0.3, -0.25) is 4.79 Å². The molecule has 4 heteroatoms. The standard InChI is InChI=1S/C11H18FNO2/c1-13-5-4-11(10(14)15,9(12)7-13)6-8-2-3-8/h8-9H,2-7H2,1H3,(H,14,15). The van der Waals surface area contributed by atoms with Crippen molar-refractivity contribution in [3.63, 3.8) is 0 Å². The van der Waals surface area contributed by atoms with Crippen LogP contribution in [0.5, 0.6) is 0 Å². The minimum absolute atomic E-state index is 0.263. The van der Waals surface area contributed by atoms with Crippen molar-refractivity contribution in [2.75, 3.05) is 20.1 Å². The summed E-state index contributed by atoms with van der Waals surface area (Å²) in [5, 5.41) is 9.26. The van der Waals surface area contributed by atoms with Crippen molar-refractivity contribution in [2.24, 2.45) is 11.3 Å². The van der Waals surface area contributed by atoms with E-state index in [0.29, 0.717) is 25.3 Å². The van der Waals surface area contributed by atoms with Crippen LogP contribution in [0.15, 0.2) is 0 Å². The monoisotopic (exact) mass is 215 g/mol. The molecule has 2 aliphatic rings. The second kappa shape index (κ2) is 3.74. The lowest BCUT2D eigenvalue weighted by Crippen LogP contribution is -2.52. The number of likely N-dealkylation sites (tertiary alicyclic amines) is 1. The van der Waals surface area contributed by atoms with Crippen molar-refractivity contribution in [2.45, 2.75) is 31.9 Å². The van der Waals surface area contributed by atoms with Crippen LogP contribution in [0.2, 0.25) is 0 Å². The zero-order chi connectivity index (χ0) is 11.1. The normalized spacial score (nSPS) is 37.9. The average Bonchev–Trinajstić information content (AvgIpc) is 2.93. The molecule has 1 aliphatic heterocycles. The summed E-state index contributed by atoms with van der Waals surface area (Å²) in [5.74, 6) is -0.474. The summed E-state index contributed by atoms with van der Waals surface area (Å²) in [7, 11) is 1.84. The fraction of sp³-hybridized carbons (Fsp3) is 0.909. The third-order valence-corrected chi connectivity index (χ3v) is 3.79. The van der Waals surface area contributed by atoms with Crippen LogP contribution in [-0.4, -0.2) is 42.3 Å². The van der Waals surface area contributed by atoms with Crippen LogP contribution < -0.4 is 0 Å². The predicted octanol–water partition coefficient (Wildman–Crippen LogP) is 1.53. The van der Waals surface area contributed by atoms with Gasteiger partial charge >= 0.3 is 5.97 Å². The highest BCUT2D eigenvalue weighted by Gasteiger charge is 2.51. The maximum Gasteiger partial charge on any atom is 0.312 e. The number of hydrogen-bond acceptors (Lipinski definition) is 2. The Morgan fingerprint density at radius 2 is 2.27 bits per heavy atom. The first-order valence-electron chi connectivity index (χ1n) is 5.60. The van der Waals surface area contributed by atoms with Gasteiger partial charge in [0.2, 0.25) is 0 Å². The molecular weight excluding hydrogens is 197 g/mol. The van der Waals surface area contributed by atoms with Crippen LogP contribution in [0.25, 0.3) is 0 Å². The Bertz CT molecular complexity index is 267. The van der Waals surface area contributed by atoms with Crippen molar-refractivity contribution in [3.8, 4) is 0 Å². The van der Waals surface area contributed by atoms with Crippen LogP contribution >= 0.6 is 0 Å². The van der Waals surface area contributed by atoms with E-state index in [2.05, 4.69) is 0 Å². The molecule has 0 spiro atoms. The highest BCUT2D eigenvalue weighted by atomic mass is 19.1. The Morgan fingerprint density at radius 1 is 1.60 bits per heavy atom. The molecule has 0 amide bonds. The van der Waals surface area contributed by atoms with Gasteiger partial charge in [0, 0.05) is 6.54 Å². The van der Waals surface area contributed by atoms with E-state index in [-0.39, 0.29) is 6.54 Å². The molecule has 1 saturated carbocycles. The third-order valence-electron chi connectivity index (χ3n) is 3.79. The summed E-state index contributed by atoms with van der Waals surface area (Å²) in [6.07, 6.45) is 1.94. The zero-order valence-electron chi connectivity index (χ0n) is 9.08. The van der Waals surface area contributed by atoms with Gasteiger partial charge in [-0.2, -0.15) is 0 Å². The predicted molar refractivity (Wildman–Crippen MR) is 54.4 cm³/mol. The summed E-state index contributed by atoms with van der Waals surface area (Å²) in [5.41, 5.74) is -1.09. The molecule has 0 aromatic carbocycles. The highest BCUT2D eigenvalue weighted by molar-refractivity contribution is 5.75. The van der Waals surface area contributed by atoms with E-state index in [9.17, 15) is 14.3 Å². The smallest absolute Gasteiger partial charge is 0.312 e. The van der Waals surface area contributed by atoms with Gasteiger partial charge in [-0.05, 0) is 32.4 Å². The minimum atomic E-state index is -1.21. The van der Waals surface area contributed by atoms with E-state index < -0.39 is 17.6 Å². The molecule has 0 aromatic heterocycles. The molecule has 15 heavy (non-hydrogen) atoms. The van der Waals surface area contributed by atoms with Gasteiger partial charge in [-0.1, -0.05) is 12.8 Å². The van der Waals surface area contributed by atoms with Crippen molar-refractivity contribution in [3.05, 3.63) is 0 Å². The van der Waals surface area contributed by atoms with E-state index in [1.54, 1.807) is 0 Å². The lowest BCUT2D eigenvalue weighted by molar-refractivity contribution is -0.158. The minimum Gasteiger partial charge on any atom is -0.481 e. The summed E-state index contributed by atoms with van der Waals surface area (Å²) in [6.45, 7) is 0.957. The second-order valence-corrected chi connectivity index (χ2v) is 5.09. The number of piperidine rings is 1. The van der Waals surface area contributed by atoms with Crippen LogP contribution in [0.4, 0.5) is 4.39 Å². The number of hydrogen-bond donors (Lipinski definition) is 1. The highest BCUT2D eigenvalue weighted by Crippen LogP contribution is 2.46. The fourth-order valence-corrected chi connectivity index (χ4v) is 2.48. The van der Waals surface area contributed by atoms with Crippen molar-refractivity contribution in [1.82, 2.24) is 4.90 Å². The molecule has 1 N–H and O–H groups in total. The first-order chi connectivity index (χ1) is 7.04. The summed E-state index contributed by atoms with van der Waals surface area (Å²) < 4.78 is 14.0. The largest absolute Gasteiger partial charge is 0.481 e. The Kier molecular flexibility index (Phi) is 2.71. The molecule has 0 bridgehead atoms. The molecule has 2 rings (SSSR count). The maximum absolute atomic E-state index is 14.0. The van der Waals surface area contributed by atoms with Gasteiger partial charge in [0.1, 0.15) is 11.6 Å². The summed E-state index contributed by atoms with van der Waals surface area (Å²) in [4.78, 5) is 13.2. The molecule has 3 nitrogen and oxygen atoms in total. The van der Waals surface area contributed by atoms with Crippen molar-refractivity contribution >= 4 is 5.97 Å². The van der Waals surface area contributed by atoms with Gasteiger partial charge in [-0.25, -0.2) is 4.39 Å². The Balaban J connectivity index is 2.12. The van der Waals surface area contributed by atoms with Gasteiger partial charge in [0.05, 0.1) is 0 Å². The van der Waals surface area contributed by atoms with E-state index in [1.165, 1.54) is 0 Å². The quantitative estimate of drug-likeness (QED) is 0.776. The number of aliphatic carboxylic acids is 1. The maximum atomic E-state index is 14.0. The number of carboxylic acid groups (broad SMARTS) is 1. The molecule has 1 saturated heterocycles. The van der Waals surface area contributed by atoms with E-state index in [1.807, 2.05) is 11.9 Å². The zero-order valence-corrected chi connectivity index (χ0v) is 9.08. The molecule has 2 fully saturated rings. The molecule has 0 radical (unpaired) electrons. The van der Waals surface area contributed by atoms with Crippen molar-refractivity contribution in [1.29, 1.82) is 0 Å². The lowest BCUT2D eigenvalue weighted by atomic mass is 9.73. The number of alkyl halides is 1. The van der Waals surface area contributed by atoms with E-state index in [4.69, 9.17) is 0 Å². The third kappa shape index (κ3) is 2.00. The summed E-state index contributed by atoms with van der Waals surface area (Å²) in [6, 6.07) is 0. The average molecular weight is 215 g/mol. The van der Waals surface area contributed by atoms with Crippen molar-refractivity contribution < 1.29 is 14.3 Å². The SMILES string of the molecule is CN1CCC(CC2CC2)(C(=O)O)C(F)C1. The Morgan fingerprint density at radius 3 is 2.73 bits per heavy atom. The topological polar surface area (TPSA) is 40.5 Å². The van der Waals surface area contributed by atoms with Gasteiger partial charge in [0.15, 0.2) is 0 Å². The van der Waals surface area contributed by atoms with Crippen LogP contribution in [0, 0.1) is 11.3 Å². The number of halogens is 1. The lowest BCUT2D eigenvalue weighted by Gasteiger charge is -2.40. The number of carbonyl (C=O) groups is 1. The van der Waals surface area contributed by atoms with Gasteiger partial charge < -0.3 is 10.0 Å². The molecule has 2 atom stereocenters. The number of rotatable bonds is 3. The van der Waals surface area contributed by atoms with E-state index in [0.717, 1.165) is 12.8 Å². The van der Waals surface area contributed by atoms with Gasteiger partial charge in [-0.15, -0.1) is 0 Å². The van der Waals surface area contributed by atoms with Crippen LogP contribution in [0.3, 0.4) is 0 Å². The molecule has 0 aromatic rings. The Hall–Kier alpha value is -0.640. The molecular formula is C11H18FNO2. The molecule has 1 heterocycles. The Labute approximate surface area is 89.3 Å². The first-order valence-corrected chi connectivity index (χ1v) is 5.60.